The Morgan fingerprint density at radius 1 is 0.821 bits per heavy atom. The molecule has 5 nitrogen and oxygen atoms in total. The van der Waals surface area contributed by atoms with Crippen LogP contribution in [-0.4, -0.2) is 21.2 Å². The van der Waals surface area contributed by atoms with E-state index in [-0.39, 0.29) is 11.9 Å². The number of hydrogen-bond acceptors (Lipinski definition) is 5. The van der Waals surface area contributed by atoms with Gasteiger partial charge in [0.1, 0.15) is 17.2 Å². The number of phenolic OH excluding ortho intramolecular Hbond substituents is 1. The number of benzene rings is 3. The van der Waals surface area contributed by atoms with Gasteiger partial charge in [-0.25, -0.2) is 4.98 Å². The van der Waals surface area contributed by atoms with Gasteiger partial charge in [0.05, 0.1) is 22.6 Å². The number of aromatic hydroxyl groups is 1. The average Bonchev–Trinajstić information content (AvgIpc) is 2.68. The number of rotatable bonds is 5. The Morgan fingerprint density at radius 2 is 1.57 bits per heavy atom. The van der Waals surface area contributed by atoms with Crippen molar-refractivity contribution < 1.29 is 14.6 Å². The van der Waals surface area contributed by atoms with Crippen LogP contribution in [0.5, 0.6) is 23.1 Å². The van der Waals surface area contributed by atoms with Crippen LogP contribution in [0.2, 0.25) is 0 Å². The molecule has 0 saturated heterocycles. The van der Waals surface area contributed by atoms with Crippen LogP contribution in [0.3, 0.4) is 0 Å². The lowest BCUT2D eigenvalue weighted by Crippen LogP contribution is -2.05. The summed E-state index contributed by atoms with van der Waals surface area (Å²) in [5.74, 6) is 2.29. The Morgan fingerprint density at radius 3 is 2.39 bits per heavy atom. The van der Waals surface area contributed by atoms with Crippen LogP contribution in [0, 0.1) is 0 Å². The van der Waals surface area contributed by atoms with Crippen molar-refractivity contribution in [1.82, 2.24) is 9.97 Å². The van der Waals surface area contributed by atoms with E-state index in [0.717, 1.165) is 16.7 Å². The van der Waals surface area contributed by atoms with Crippen LogP contribution in [0.1, 0.15) is 13.8 Å². The van der Waals surface area contributed by atoms with Gasteiger partial charge in [0.15, 0.2) is 5.82 Å². The highest BCUT2D eigenvalue weighted by Gasteiger charge is 2.14. The Labute approximate surface area is 163 Å². The summed E-state index contributed by atoms with van der Waals surface area (Å²) in [6.07, 6.45) is 0.0720. The molecule has 0 amide bonds. The van der Waals surface area contributed by atoms with E-state index in [1.807, 2.05) is 68.4 Å². The van der Waals surface area contributed by atoms with E-state index in [2.05, 4.69) is 9.97 Å². The highest BCUT2D eigenvalue weighted by atomic mass is 16.5. The largest absolute Gasteiger partial charge is 0.507 e. The average molecular weight is 372 g/mol. The summed E-state index contributed by atoms with van der Waals surface area (Å²) in [5, 5.41) is 11.0. The Balaban J connectivity index is 1.79. The minimum absolute atomic E-state index is 0.0720. The van der Waals surface area contributed by atoms with Crippen molar-refractivity contribution in [2.75, 3.05) is 0 Å². The zero-order valence-corrected chi connectivity index (χ0v) is 15.7. The molecule has 4 rings (SSSR count). The summed E-state index contributed by atoms with van der Waals surface area (Å²) < 4.78 is 11.8. The Hall–Kier alpha value is -3.60. The number of hydrogen-bond donors (Lipinski definition) is 1. The monoisotopic (exact) mass is 372 g/mol. The molecular weight excluding hydrogens is 352 g/mol. The van der Waals surface area contributed by atoms with Crippen molar-refractivity contribution >= 4 is 10.9 Å². The molecule has 0 fully saturated rings. The second kappa shape index (κ2) is 7.56. The first-order valence-electron chi connectivity index (χ1n) is 9.10. The van der Waals surface area contributed by atoms with Gasteiger partial charge < -0.3 is 14.6 Å². The van der Waals surface area contributed by atoms with Gasteiger partial charge in [-0.2, -0.15) is 4.98 Å². The molecule has 0 aliphatic carbocycles. The van der Waals surface area contributed by atoms with E-state index in [9.17, 15) is 5.11 Å². The van der Waals surface area contributed by atoms with Crippen molar-refractivity contribution in [3.05, 3.63) is 72.8 Å². The third-order valence-electron chi connectivity index (χ3n) is 4.11. The molecule has 4 aromatic rings. The van der Waals surface area contributed by atoms with Crippen LogP contribution in [0.15, 0.2) is 72.8 Å². The molecule has 5 heteroatoms. The van der Waals surface area contributed by atoms with Crippen LogP contribution >= 0.6 is 0 Å². The second-order valence-electron chi connectivity index (χ2n) is 6.63. The smallest absolute Gasteiger partial charge is 0.230 e. The van der Waals surface area contributed by atoms with E-state index >= 15 is 0 Å². The van der Waals surface area contributed by atoms with Crippen LogP contribution in [-0.2, 0) is 0 Å². The van der Waals surface area contributed by atoms with Gasteiger partial charge in [-0.05, 0) is 50.2 Å². The number of para-hydroxylation sites is 2. The maximum atomic E-state index is 10.2. The lowest BCUT2D eigenvalue weighted by molar-refractivity contribution is 0.241. The summed E-state index contributed by atoms with van der Waals surface area (Å²) in [6.45, 7) is 3.95. The number of nitrogens with zero attached hydrogens (tertiary/aromatic N) is 2. The standard InChI is InChI=1S/C23H20N2O3/c1-15(2)27-16-8-7-9-17(14-16)28-23-18-10-3-5-12-20(18)24-22(25-23)19-11-4-6-13-21(19)26/h3-15,26H,1-2H3. The van der Waals surface area contributed by atoms with E-state index in [0.29, 0.717) is 23.0 Å². The molecule has 0 radical (unpaired) electrons. The van der Waals surface area contributed by atoms with Crippen molar-refractivity contribution in [3.63, 3.8) is 0 Å². The molecule has 3 aromatic carbocycles. The first kappa shape index (κ1) is 17.8. The number of phenols is 1. The fourth-order valence-corrected chi connectivity index (χ4v) is 2.90. The lowest BCUT2D eigenvalue weighted by Gasteiger charge is -2.13. The molecule has 0 bridgehead atoms. The first-order chi connectivity index (χ1) is 13.6. The highest BCUT2D eigenvalue weighted by molar-refractivity contribution is 5.86. The molecule has 1 heterocycles. The van der Waals surface area contributed by atoms with E-state index in [1.54, 1.807) is 18.2 Å². The molecule has 0 unspecified atom stereocenters. The van der Waals surface area contributed by atoms with Crippen LogP contribution < -0.4 is 9.47 Å². The molecule has 0 aliphatic rings. The molecule has 1 N–H and O–H groups in total. The Kier molecular flexibility index (Phi) is 4.81. The molecule has 140 valence electrons. The minimum atomic E-state index is 0.0720. The van der Waals surface area contributed by atoms with Crippen LogP contribution in [0.25, 0.3) is 22.3 Å². The van der Waals surface area contributed by atoms with Gasteiger partial charge >= 0.3 is 0 Å². The quantitative estimate of drug-likeness (QED) is 0.495. The molecule has 0 aliphatic heterocycles. The van der Waals surface area contributed by atoms with E-state index in [1.165, 1.54) is 0 Å². The van der Waals surface area contributed by atoms with Gasteiger partial charge in [0, 0.05) is 6.07 Å². The molecule has 0 spiro atoms. The van der Waals surface area contributed by atoms with Crippen molar-refractivity contribution in [2.45, 2.75) is 20.0 Å². The summed E-state index contributed by atoms with van der Waals surface area (Å²) in [4.78, 5) is 9.17. The Bertz CT molecular complexity index is 1130. The second-order valence-corrected chi connectivity index (χ2v) is 6.63. The van der Waals surface area contributed by atoms with Gasteiger partial charge in [-0.15, -0.1) is 0 Å². The lowest BCUT2D eigenvalue weighted by atomic mass is 10.1. The molecule has 1 aromatic heterocycles. The molecule has 0 saturated carbocycles. The van der Waals surface area contributed by atoms with Crippen molar-refractivity contribution in [2.24, 2.45) is 0 Å². The fourth-order valence-electron chi connectivity index (χ4n) is 2.90. The predicted octanol–water partition coefficient (Wildman–Crippen LogP) is 5.58. The molecule has 0 atom stereocenters. The number of aromatic nitrogens is 2. The number of fused-ring (bicyclic) bond motifs is 1. The van der Waals surface area contributed by atoms with Gasteiger partial charge in [0.2, 0.25) is 5.88 Å². The molecular formula is C23H20N2O3. The van der Waals surface area contributed by atoms with E-state index in [4.69, 9.17) is 9.47 Å². The van der Waals surface area contributed by atoms with Crippen LogP contribution in [0.4, 0.5) is 0 Å². The third kappa shape index (κ3) is 3.74. The topological polar surface area (TPSA) is 64.5 Å². The molecule has 28 heavy (non-hydrogen) atoms. The van der Waals surface area contributed by atoms with Crippen molar-refractivity contribution in [3.8, 4) is 34.5 Å². The van der Waals surface area contributed by atoms with Crippen molar-refractivity contribution in [1.29, 1.82) is 0 Å². The maximum absolute atomic E-state index is 10.2. The van der Waals surface area contributed by atoms with E-state index < -0.39 is 0 Å². The van der Waals surface area contributed by atoms with Gasteiger partial charge in [-0.3, -0.25) is 0 Å². The zero-order valence-electron chi connectivity index (χ0n) is 15.7. The summed E-state index contributed by atoms with van der Waals surface area (Å²) in [5.41, 5.74) is 1.29. The van der Waals surface area contributed by atoms with Gasteiger partial charge in [0.25, 0.3) is 0 Å². The summed E-state index contributed by atoms with van der Waals surface area (Å²) in [6, 6.07) is 22.1. The van der Waals surface area contributed by atoms with Gasteiger partial charge in [-0.1, -0.05) is 30.3 Å². The zero-order chi connectivity index (χ0) is 19.5. The normalized spacial score (nSPS) is 11.0. The fraction of sp³-hybridized carbons (Fsp3) is 0.130. The third-order valence-corrected chi connectivity index (χ3v) is 4.11. The predicted molar refractivity (Wildman–Crippen MR) is 109 cm³/mol. The highest BCUT2D eigenvalue weighted by Crippen LogP contribution is 2.33. The maximum Gasteiger partial charge on any atom is 0.230 e. The number of ether oxygens (including phenoxy) is 2. The summed E-state index contributed by atoms with van der Waals surface area (Å²) in [7, 11) is 0. The first-order valence-corrected chi connectivity index (χ1v) is 9.10. The minimum Gasteiger partial charge on any atom is -0.507 e. The SMILES string of the molecule is CC(C)Oc1cccc(Oc2nc(-c3ccccc3O)nc3ccccc23)c1. The summed E-state index contributed by atoms with van der Waals surface area (Å²) >= 11 is 0.